The Balaban J connectivity index is 2.14. The first-order valence-corrected chi connectivity index (χ1v) is 7.21. The van der Waals surface area contributed by atoms with Gasteiger partial charge in [-0.3, -0.25) is 0 Å². The van der Waals surface area contributed by atoms with Gasteiger partial charge in [-0.1, -0.05) is 12.2 Å². The minimum Gasteiger partial charge on any atom is -0.444 e. The van der Waals surface area contributed by atoms with Gasteiger partial charge in [0.2, 0.25) is 0 Å². The van der Waals surface area contributed by atoms with E-state index in [-0.39, 0.29) is 12.4 Å². The molecule has 1 atom stereocenters. The lowest BCUT2D eigenvalue weighted by molar-refractivity contribution is -0.155. The van der Waals surface area contributed by atoms with E-state index in [1.165, 1.54) is 4.90 Å². The Bertz CT molecular complexity index is 316. The van der Waals surface area contributed by atoms with Gasteiger partial charge >= 0.3 is 6.09 Å². The molecule has 5 heteroatoms. The Hall–Kier alpha value is -1.07. The lowest BCUT2D eigenvalue weighted by atomic mass is 10.2. The second kappa shape index (κ2) is 8.27. The van der Waals surface area contributed by atoms with E-state index in [1.54, 1.807) is 7.05 Å². The number of carbonyl (C=O) groups excluding carboxylic acids is 1. The molecule has 1 amide bonds. The summed E-state index contributed by atoms with van der Waals surface area (Å²) >= 11 is 0. The van der Waals surface area contributed by atoms with Crippen LogP contribution in [0.25, 0.3) is 0 Å². The van der Waals surface area contributed by atoms with E-state index in [1.807, 2.05) is 32.9 Å². The van der Waals surface area contributed by atoms with Crippen LogP contribution in [0.5, 0.6) is 0 Å². The second-order valence-corrected chi connectivity index (χ2v) is 5.96. The molecule has 0 spiro atoms. The number of likely N-dealkylation sites (N-methyl/N-ethyl adjacent to an activating group) is 1. The third-order valence-corrected chi connectivity index (χ3v) is 2.77. The van der Waals surface area contributed by atoms with Crippen LogP contribution in [0.15, 0.2) is 12.2 Å². The highest BCUT2D eigenvalue weighted by atomic mass is 16.7. The first-order valence-electron chi connectivity index (χ1n) is 7.21. The van der Waals surface area contributed by atoms with Crippen LogP contribution in [0.1, 0.15) is 40.0 Å². The Labute approximate surface area is 121 Å². The van der Waals surface area contributed by atoms with Crippen LogP contribution in [-0.2, 0) is 14.2 Å². The summed E-state index contributed by atoms with van der Waals surface area (Å²) in [6.07, 6.45) is 6.65. The minimum absolute atomic E-state index is 0.0722. The van der Waals surface area contributed by atoms with Gasteiger partial charge in [0.1, 0.15) is 5.60 Å². The van der Waals surface area contributed by atoms with Crippen molar-refractivity contribution in [3.8, 4) is 0 Å². The first kappa shape index (κ1) is 17.0. The second-order valence-electron chi connectivity index (χ2n) is 5.96. The Morgan fingerprint density at radius 2 is 2.10 bits per heavy atom. The topological polar surface area (TPSA) is 48.0 Å². The zero-order chi connectivity index (χ0) is 15.0. The number of hydrogen-bond acceptors (Lipinski definition) is 4. The van der Waals surface area contributed by atoms with Crippen LogP contribution < -0.4 is 0 Å². The fourth-order valence-corrected chi connectivity index (χ4v) is 1.72. The highest BCUT2D eigenvalue weighted by molar-refractivity contribution is 5.67. The van der Waals surface area contributed by atoms with Gasteiger partial charge in [-0.2, -0.15) is 0 Å². The molecule has 20 heavy (non-hydrogen) atoms. The van der Waals surface area contributed by atoms with Crippen LogP contribution >= 0.6 is 0 Å². The van der Waals surface area contributed by atoms with Gasteiger partial charge in [-0.25, -0.2) is 4.79 Å². The maximum Gasteiger partial charge on any atom is 0.410 e. The summed E-state index contributed by atoms with van der Waals surface area (Å²) < 4.78 is 16.3. The number of rotatable bonds is 5. The third-order valence-electron chi connectivity index (χ3n) is 2.77. The number of hydrogen-bond donors (Lipinski definition) is 0. The molecular formula is C15H27NO4. The molecule has 0 bridgehead atoms. The van der Waals surface area contributed by atoms with Gasteiger partial charge in [-0.15, -0.1) is 0 Å². The predicted molar refractivity (Wildman–Crippen MR) is 77.5 cm³/mol. The fourth-order valence-electron chi connectivity index (χ4n) is 1.72. The molecule has 116 valence electrons. The molecular weight excluding hydrogens is 258 g/mol. The molecule has 0 aliphatic carbocycles. The summed E-state index contributed by atoms with van der Waals surface area (Å²) in [5.74, 6) is 0. The maximum atomic E-state index is 11.7. The van der Waals surface area contributed by atoms with E-state index in [0.717, 1.165) is 25.9 Å². The lowest BCUT2D eigenvalue weighted by Crippen LogP contribution is -2.34. The van der Waals surface area contributed by atoms with Crippen LogP contribution in [0.2, 0.25) is 0 Å². The highest BCUT2D eigenvalue weighted by Gasteiger charge is 2.18. The van der Waals surface area contributed by atoms with Crippen LogP contribution in [0.3, 0.4) is 0 Å². The lowest BCUT2D eigenvalue weighted by Gasteiger charge is -2.24. The van der Waals surface area contributed by atoms with Gasteiger partial charge in [0.05, 0.1) is 6.61 Å². The SMILES string of the molecule is CN(C/C=C/COC1CCCCO1)C(=O)OC(C)(C)C. The molecule has 0 saturated carbocycles. The minimum atomic E-state index is -0.462. The quantitative estimate of drug-likeness (QED) is 0.729. The average molecular weight is 285 g/mol. The smallest absolute Gasteiger partial charge is 0.410 e. The summed E-state index contributed by atoms with van der Waals surface area (Å²) in [6, 6.07) is 0. The number of nitrogens with zero attached hydrogens (tertiary/aromatic N) is 1. The van der Waals surface area contributed by atoms with E-state index in [4.69, 9.17) is 14.2 Å². The Morgan fingerprint density at radius 1 is 1.35 bits per heavy atom. The van der Waals surface area contributed by atoms with Crippen molar-refractivity contribution in [1.82, 2.24) is 4.90 Å². The molecule has 1 rings (SSSR count). The summed E-state index contributed by atoms with van der Waals surface area (Å²) in [4.78, 5) is 13.2. The molecule has 0 aromatic rings. The summed E-state index contributed by atoms with van der Waals surface area (Å²) in [6.45, 7) is 7.36. The van der Waals surface area contributed by atoms with Crippen molar-refractivity contribution in [2.24, 2.45) is 0 Å². The Kier molecular flexibility index (Phi) is 7.02. The molecule has 5 nitrogen and oxygen atoms in total. The molecule has 1 saturated heterocycles. The summed E-state index contributed by atoms with van der Waals surface area (Å²) in [5.41, 5.74) is -0.462. The largest absolute Gasteiger partial charge is 0.444 e. The van der Waals surface area contributed by atoms with Crippen LogP contribution in [0.4, 0.5) is 4.79 Å². The summed E-state index contributed by atoms with van der Waals surface area (Å²) in [5, 5.41) is 0. The van der Waals surface area contributed by atoms with Crippen LogP contribution in [-0.4, -0.2) is 49.7 Å². The molecule has 1 aliphatic heterocycles. The molecule has 0 radical (unpaired) electrons. The van der Waals surface area contributed by atoms with Crippen molar-refractivity contribution >= 4 is 6.09 Å². The van der Waals surface area contributed by atoms with E-state index in [9.17, 15) is 4.79 Å². The summed E-state index contributed by atoms with van der Waals surface area (Å²) in [7, 11) is 1.71. The molecule has 1 fully saturated rings. The fraction of sp³-hybridized carbons (Fsp3) is 0.800. The predicted octanol–water partition coefficient (Wildman–Crippen LogP) is 2.95. The van der Waals surface area contributed by atoms with E-state index in [2.05, 4.69) is 0 Å². The van der Waals surface area contributed by atoms with E-state index in [0.29, 0.717) is 13.2 Å². The van der Waals surface area contributed by atoms with Crippen molar-refractivity contribution in [2.75, 3.05) is 26.8 Å². The molecule has 0 aromatic carbocycles. The van der Waals surface area contributed by atoms with Gasteiger partial charge < -0.3 is 19.1 Å². The maximum absolute atomic E-state index is 11.7. The zero-order valence-electron chi connectivity index (χ0n) is 13.1. The molecule has 0 N–H and O–H groups in total. The van der Waals surface area contributed by atoms with Crippen LogP contribution in [0, 0.1) is 0 Å². The third kappa shape index (κ3) is 7.50. The standard InChI is InChI=1S/C15H27NO4/c1-15(2,3)20-14(17)16(4)10-6-8-12-19-13-9-5-7-11-18-13/h6,8,13H,5,7,9-12H2,1-4H3/b8-6+. The van der Waals surface area contributed by atoms with Crippen molar-refractivity contribution in [3.05, 3.63) is 12.2 Å². The number of carbonyl (C=O) groups is 1. The van der Waals surface area contributed by atoms with Gasteiger partial charge in [0, 0.05) is 20.2 Å². The highest BCUT2D eigenvalue weighted by Crippen LogP contribution is 2.13. The van der Waals surface area contributed by atoms with Gasteiger partial charge in [0.15, 0.2) is 6.29 Å². The van der Waals surface area contributed by atoms with Crippen molar-refractivity contribution in [2.45, 2.75) is 51.9 Å². The van der Waals surface area contributed by atoms with Gasteiger partial charge in [-0.05, 0) is 40.0 Å². The average Bonchev–Trinajstić information content (AvgIpc) is 2.37. The van der Waals surface area contributed by atoms with Crippen molar-refractivity contribution in [3.63, 3.8) is 0 Å². The van der Waals surface area contributed by atoms with Gasteiger partial charge in [0.25, 0.3) is 0 Å². The molecule has 1 unspecified atom stereocenters. The number of amides is 1. The monoisotopic (exact) mass is 285 g/mol. The van der Waals surface area contributed by atoms with E-state index < -0.39 is 5.60 Å². The Morgan fingerprint density at radius 3 is 2.70 bits per heavy atom. The zero-order valence-corrected chi connectivity index (χ0v) is 13.1. The molecule has 0 aromatic heterocycles. The molecule has 1 aliphatic rings. The normalized spacial score (nSPS) is 20.1. The first-order chi connectivity index (χ1) is 9.38. The molecule has 1 heterocycles. The van der Waals surface area contributed by atoms with E-state index >= 15 is 0 Å². The van der Waals surface area contributed by atoms with Crippen molar-refractivity contribution in [1.29, 1.82) is 0 Å². The number of ether oxygens (including phenoxy) is 3. The van der Waals surface area contributed by atoms with Crippen molar-refractivity contribution < 1.29 is 19.0 Å².